The smallest absolute Gasteiger partial charge is 0.255 e. The second-order valence-corrected chi connectivity index (χ2v) is 5.38. The van der Waals surface area contributed by atoms with E-state index in [-0.39, 0.29) is 5.91 Å². The number of carbonyl (C=O) groups excluding carboxylic acids is 1. The van der Waals surface area contributed by atoms with Gasteiger partial charge in [-0.05, 0) is 46.7 Å². The van der Waals surface area contributed by atoms with Gasteiger partial charge in [-0.25, -0.2) is 0 Å². The first kappa shape index (κ1) is 14.1. The van der Waals surface area contributed by atoms with E-state index in [2.05, 4.69) is 23.7 Å². The Morgan fingerprint density at radius 3 is 2.79 bits per heavy atom. The minimum absolute atomic E-state index is 0.200. The lowest BCUT2D eigenvalue weighted by molar-refractivity contribution is 0.0736. The zero-order valence-electron chi connectivity index (χ0n) is 12.5. The number of hydrogen-bond donors (Lipinski definition) is 1. The van der Waals surface area contributed by atoms with Gasteiger partial charge in [0.05, 0.1) is 5.56 Å². The molecule has 4 nitrogen and oxygen atoms in total. The zero-order valence-corrected chi connectivity index (χ0v) is 12.5. The van der Waals surface area contributed by atoms with Crippen molar-refractivity contribution in [1.29, 1.82) is 0 Å². The molecule has 2 rings (SSSR count). The van der Waals surface area contributed by atoms with Gasteiger partial charge in [-0.3, -0.25) is 4.79 Å². The van der Waals surface area contributed by atoms with Crippen LogP contribution in [0.15, 0.2) is 6.07 Å². The maximum Gasteiger partial charge on any atom is 0.255 e. The molecule has 2 heterocycles. The Balaban J connectivity index is 2.24. The van der Waals surface area contributed by atoms with Crippen LogP contribution in [0.4, 0.5) is 0 Å². The number of carbonyl (C=O) groups is 1. The topological polar surface area (TPSA) is 37.3 Å². The largest absolute Gasteiger partial charge is 0.349 e. The van der Waals surface area contributed by atoms with Crippen LogP contribution in [-0.2, 0) is 6.54 Å². The van der Waals surface area contributed by atoms with Gasteiger partial charge in [-0.1, -0.05) is 0 Å². The third kappa shape index (κ3) is 2.54. The maximum absolute atomic E-state index is 12.7. The fraction of sp³-hybridized carbons (Fsp3) is 0.667. The van der Waals surface area contributed by atoms with Crippen LogP contribution in [0.1, 0.15) is 41.5 Å². The lowest BCUT2D eigenvalue weighted by atomic mass is 10.2. The molecule has 0 aromatic carbocycles. The summed E-state index contributed by atoms with van der Waals surface area (Å²) < 4.78 is 2.20. The van der Waals surface area contributed by atoms with Gasteiger partial charge in [-0.2, -0.15) is 0 Å². The molecule has 0 saturated carbocycles. The van der Waals surface area contributed by atoms with Crippen molar-refractivity contribution in [2.45, 2.75) is 46.2 Å². The summed E-state index contributed by atoms with van der Waals surface area (Å²) in [5.74, 6) is 0.200. The van der Waals surface area contributed by atoms with E-state index in [9.17, 15) is 4.79 Å². The molecule has 0 aliphatic carbocycles. The van der Waals surface area contributed by atoms with Crippen molar-refractivity contribution in [3.05, 3.63) is 23.0 Å². The molecule has 0 bridgehead atoms. The number of rotatable bonds is 4. The molecule has 19 heavy (non-hydrogen) atoms. The number of hydrogen-bond acceptors (Lipinski definition) is 2. The van der Waals surface area contributed by atoms with Gasteiger partial charge in [0.25, 0.3) is 5.91 Å². The normalized spacial score (nSPS) is 19.2. The summed E-state index contributed by atoms with van der Waals surface area (Å²) >= 11 is 0. The van der Waals surface area contributed by atoms with Crippen LogP contribution in [0.5, 0.6) is 0 Å². The molecular formula is C15H25N3O. The number of likely N-dealkylation sites (N-methyl/N-ethyl adjacent to an activating group) is 1. The predicted octanol–water partition coefficient (Wildman–Crippen LogP) is 1.95. The number of nitrogens with one attached hydrogen (secondary N) is 1. The lowest BCUT2D eigenvalue weighted by Gasteiger charge is -2.24. The van der Waals surface area contributed by atoms with Crippen LogP contribution in [-0.4, -0.2) is 41.6 Å². The highest BCUT2D eigenvalue weighted by molar-refractivity contribution is 5.96. The molecule has 0 radical (unpaired) electrons. The Morgan fingerprint density at radius 1 is 1.47 bits per heavy atom. The summed E-state index contributed by atoms with van der Waals surface area (Å²) in [6.45, 7) is 8.94. The van der Waals surface area contributed by atoms with E-state index in [1.807, 2.05) is 24.9 Å². The summed E-state index contributed by atoms with van der Waals surface area (Å²) in [6.07, 6.45) is 2.23. The molecule has 1 saturated heterocycles. The van der Waals surface area contributed by atoms with E-state index in [1.54, 1.807) is 0 Å². The highest BCUT2D eigenvalue weighted by atomic mass is 16.2. The number of aromatic nitrogens is 1. The maximum atomic E-state index is 12.7. The first-order chi connectivity index (χ1) is 9.10. The van der Waals surface area contributed by atoms with Crippen LogP contribution < -0.4 is 5.32 Å². The Hall–Kier alpha value is -1.29. The molecule has 0 spiro atoms. The van der Waals surface area contributed by atoms with Crippen molar-refractivity contribution >= 4 is 5.91 Å². The third-order valence-electron chi connectivity index (χ3n) is 4.20. The average molecular weight is 263 g/mol. The Morgan fingerprint density at radius 2 is 2.21 bits per heavy atom. The van der Waals surface area contributed by atoms with Crippen molar-refractivity contribution in [3.8, 4) is 0 Å². The van der Waals surface area contributed by atoms with E-state index >= 15 is 0 Å². The lowest BCUT2D eigenvalue weighted by Crippen LogP contribution is -2.41. The van der Waals surface area contributed by atoms with Crippen LogP contribution in [0, 0.1) is 13.8 Å². The average Bonchev–Trinajstić information content (AvgIpc) is 2.94. The van der Waals surface area contributed by atoms with Crippen LogP contribution in [0.2, 0.25) is 0 Å². The summed E-state index contributed by atoms with van der Waals surface area (Å²) in [6, 6.07) is 2.39. The highest BCUT2D eigenvalue weighted by Gasteiger charge is 2.30. The summed E-state index contributed by atoms with van der Waals surface area (Å²) in [5, 5.41) is 3.19. The van der Waals surface area contributed by atoms with E-state index in [1.165, 1.54) is 5.69 Å². The minimum Gasteiger partial charge on any atom is -0.349 e. The number of likely N-dealkylation sites (tertiary alicyclic amines) is 1. The fourth-order valence-corrected chi connectivity index (χ4v) is 3.21. The molecule has 1 atom stereocenters. The Kier molecular flexibility index (Phi) is 4.30. The summed E-state index contributed by atoms with van der Waals surface area (Å²) in [5.41, 5.74) is 3.15. The molecule has 1 aliphatic rings. The highest BCUT2D eigenvalue weighted by Crippen LogP contribution is 2.23. The molecule has 1 aromatic rings. The van der Waals surface area contributed by atoms with Crippen molar-refractivity contribution in [1.82, 2.24) is 14.8 Å². The van der Waals surface area contributed by atoms with E-state index in [0.717, 1.165) is 43.7 Å². The van der Waals surface area contributed by atoms with Crippen LogP contribution in [0.25, 0.3) is 0 Å². The first-order valence-corrected chi connectivity index (χ1v) is 7.22. The van der Waals surface area contributed by atoms with Crippen molar-refractivity contribution in [3.63, 3.8) is 0 Å². The van der Waals surface area contributed by atoms with E-state index < -0.39 is 0 Å². The molecular weight excluding hydrogens is 238 g/mol. The summed E-state index contributed by atoms with van der Waals surface area (Å²) in [4.78, 5) is 14.8. The molecule has 1 unspecified atom stereocenters. The minimum atomic E-state index is 0.200. The van der Waals surface area contributed by atoms with Crippen LogP contribution >= 0.6 is 0 Å². The third-order valence-corrected chi connectivity index (χ3v) is 4.20. The van der Waals surface area contributed by atoms with Crippen LogP contribution in [0.3, 0.4) is 0 Å². The quantitative estimate of drug-likeness (QED) is 0.901. The second kappa shape index (κ2) is 5.78. The van der Waals surface area contributed by atoms with Gasteiger partial charge in [0.2, 0.25) is 0 Å². The summed E-state index contributed by atoms with van der Waals surface area (Å²) in [7, 11) is 1.95. The molecule has 1 aromatic heterocycles. The number of amides is 1. The molecule has 106 valence electrons. The predicted molar refractivity (Wildman–Crippen MR) is 77.6 cm³/mol. The molecule has 4 heteroatoms. The SMILES string of the molecule is CCn1c(C)cc(C(=O)N2CCCC2CNC)c1C. The molecule has 1 amide bonds. The van der Waals surface area contributed by atoms with Gasteiger partial charge in [0.1, 0.15) is 0 Å². The monoisotopic (exact) mass is 263 g/mol. The van der Waals surface area contributed by atoms with Gasteiger partial charge < -0.3 is 14.8 Å². The van der Waals surface area contributed by atoms with Gasteiger partial charge in [0.15, 0.2) is 0 Å². The molecule has 1 N–H and O–H groups in total. The molecule has 1 fully saturated rings. The first-order valence-electron chi connectivity index (χ1n) is 7.22. The second-order valence-electron chi connectivity index (χ2n) is 5.38. The molecule has 1 aliphatic heterocycles. The van der Waals surface area contributed by atoms with Crippen molar-refractivity contribution in [2.75, 3.05) is 20.1 Å². The van der Waals surface area contributed by atoms with Crippen molar-refractivity contribution < 1.29 is 4.79 Å². The Bertz CT molecular complexity index is 464. The zero-order chi connectivity index (χ0) is 14.0. The van der Waals surface area contributed by atoms with Gasteiger partial charge in [0, 0.05) is 37.1 Å². The van der Waals surface area contributed by atoms with Gasteiger partial charge >= 0.3 is 0 Å². The number of aryl methyl sites for hydroxylation is 1. The standard InChI is InChI=1S/C15H25N3O/c1-5-17-11(2)9-14(12(17)3)15(19)18-8-6-7-13(18)10-16-4/h9,13,16H,5-8,10H2,1-4H3. The van der Waals surface area contributed by atoms with Crippen molar-refractivity contribution in [2.24, 2.45) is 0 Å². The van der Waals surface area contributed by atoms with E-state index in [0.29, 0.717) is 6.04 Å². The number of nitrogens with zero attached hydrogens (tertiary/aromatic N) is 2. The van der Waals surface area contributed by atoms with Gasteiger partial charge in [-0.15, -0.1) is 0 Å². The fourth-order valence-electron chi connectivity index (χ4n) is 3.21. The Labute approximate surface area is 115 Å². The van der Waals surface area contributed by atoms with E-state index in [4.69, 9.17) is 0 Å².